The summed E-state index contributed by atoms with van der Waals surface area (Å²) in [6.45, 7) is 2.24. The largest absolute Gasteiger partial charge is 0.355 e. The van der Waals surface area contributed by atoms with Crippen LogP contribution in [0.1, 0.15) is 29.9 Å². The van der Waals surface area contributed by atoms with E-state index < -0.39 is 0 Å². The van der Waals surface area contributed by atoms with E-state index in [-0.39, 0.29) is 36.1 Å². The number of nitrogens with zero attached hydrogens (tertiary/aromatic N) is 1. The molecule has 1 fully saturated rings. The maximum absolute atomic E-state index is 12.7. The zero-order valence-corrected chi connectivity index (χ0v) is 14.0. The van der Waals surface area contributed by atoms with Crippen LogP contribution in [-0.4, -0.2) is 42.9 Å². The van der Waals surface area contributed by atoms with Gasteiger partial charge >= 0.3 is 0 Å². The Morgan fingerprint density at radius 3 is 2.83 bits per heavy atom. The molecule has 1 aliphatic heterocycles. The molecule has 5 nitrogen and oxygen atoms in total. The highest BCUT2D eigenvalue weighted by Crippen LogP contribution is 2.36. The van der Waals surface area contributed by atoms with Crippen molar-refractivity contribution in [1.82, 2.24) is 10.2 Å². The van der Waals surface area contributed by atoms with Crippen LogP contribution in [-0.2, 0) is 16.0 Å². The van der Waals surface area contributed by atoms with Crippen molar-refractivity contribution in [2.75, 3.05) is 26.2 Å². The molecule has 126 valence electrons. The molecule has 0 radical (unpaired) electrons. The molecule has 0 saturated carbocycles. The van der Waals surface area contributed by atoms with Crippen molar-refractivity contribution in [3.8, 4) is 0 Å². The molecule has 1 aliphatic carbocycles. The van der Waals surface area contributed by atoms with Gasteiger partial charge in [0, 0.05) is 26.2 Å². The Bertz CT molecular complexity index is 579. The average molecular weight is 338 g/mol. The Morgan fingerprint density at radius 2 is 2.09 bits per heavy atom. The second kappa shape index (κ2) is 7.79. The van der Waals surface area contributed by atoms with Gasteiger partial charge in [-0.15, -0.1) is 12.4 Å². The molecule has 1 heterocycles. The second-order valence-electron chi connectivity index (χ2n) is 6.16. The number of halogens is 1. The van der Waals surface area contributed by atoms with Gasteiger partial charge in [0.2, 0.25) is 11.8 Å². The first-order valence-electron chi connectivity index (χ1n) is 8.05. The van der Waals surface area contributed by atoms with Crippen LogP contribution in [0, 0.1) is 5.92 Å². The molecule has 2 atom stereocenters. The summed E-state index contributed by atoms with van der Waals surface area (Å²) >= 11 is 0. The lowest BCUT2D eigenvalue weighted by atomic mass is 9.76. The Kier molecular flexibility index (Phi) is 6.02. The molecule has 0 bridgehead atoms. The number of rotatable bonds is 4. The van der Waals surface area contributed by atoms with E-state index in [4.69, 9.17) is 5.73 Å². The van der Waals surface area contributed by atoms with Crippen LogP contribution < -0.4 is 11.1 Å². The highest BCUT2D eigenvalue weighted by Gasteiger charge is 2.37. The monoisotopic (exact) mass is 337 g/mol. The van der Waals surface area contributed by atoms with Crippen molar-refractivity contribution in [2.45, 2.75) is 25.2 Å². The first kappa shape index (κ1) is 17.8. The minimum atomic E-state index is -0.0976. The minimum absolute atomic E-state index is 0. The number of nitrogens with two attached hydrogens (primary N) is 1. The maximum atomic E-state index is 12.7. The highest BCUT2D eigenvalue weighted by atomic mass is 35.5. The first-order valence-corrected chi connectivity index (χ1v) is 8.05. The van der Waals surface area contributed by atoms with Gasteiger partial charge in [0.1, 0.15) is 0 Å². The summed E-state index contributed by atoms with van der Waals surface area (Å²) in [5, 5.41) is 2.83. The molecule has 0 aromatic heterocycles. The predicted molar refractivity (Wildman–Crippen MR) is 91.5 cm³/mol. The van der Waals surface area contributed by atoms with Crippen LogP contribution in [0.5, 0.6) is 0 Å². The normalized spacial score (nSPS) is 22.4. The summed E-state index contributed by atoms with van der Waals surface area (Å²) < 4.78 is 0. The molecular formula is C17H24ClN3O2. The minimum Gasteiger partial charge on any atom is -0.355 e. The summed E-state index contributed by atoms with van der Waals surface area (Å²) in [6.07, 6.45) is 2.57. The molecule has 3 rings (SSSR count). The van der Waals surface area contributed by atoms with E-state index >= 15 is 0 Å². The summed E-state index contributed by atoms with van der Waals surface area (Å²) in [5.74, 6) is 0.0913. The number of nitrogens with one attached hydrogen (secondary N) is 1. The summed E-state index contributed by atoms with van der Waals surface area (Å²) in [6, 6.07) is 8.12. The molecule has 0 spiro atoms. The molecule has 1 aromatic carbocycles. The first-order chi connectivity index (χ1) is 10.7. The van der Waals surface area contributed by atoms with E-state index in [1.54, 1.807) is 0 Å². The molecular weight excluding hydrogens is 314 g/mol. The fourth-order valence-corrected chi connectivity index (χ4v) is 3.43. The second-order valence-corrected chi connectivity index (χ2v) is 6.16. The number of carbonyl (C=O) groups excluding carboxylic acids is 2. The van der Waals surface area contributed by atoms with Crippen molar-refractivity contribution in [2.24, 2.45) is 11.7 Å². The molecule has 3 N–H and O–H groups in total. The average Bonchev–Trinajstić information content (AvgIpc) is 2.53. The highest BCUT2D eigenvalue weighted by molar-refractivity contribution is 5.88. The van der Waals surface area contributed by atoms with E-state index in [9.17, 15) is 9.59 Å². The van der Waals surface area contributed by atoms with Crippen LogP contribution >= 0.6 is 12.4 Å². The number of likely N-dealkylation sites (tertiary alicyclic amines) is 1. The van der Waals surface area contributed by atoms with Gasteiger partial charge in [-0.05, 0) is 30.4 Å². The molecule has 2 aliphatic rings. The summed E-state index contributed by atoms with van der Waals surface area (Å²) in [5.41, 5.74) is 7.84. The zero-order chi connectivity index (χ0) is 15.5. The molecule has 1 saturated heterocycles. The van der Waals surface area contributed by atoms with Crippen LogP contribution in [0.3, 0.4) is 0 Å². The number of fused-ring (bicyclic) bond motifs is 1. The van der Waals surface area contributed by atoms with E-state index in [1.165, 1.54) is 5.56 Å². The molecule has 6 heteroatoms. The molecule has 1 aromatic rings. The lowest BCUT2D eigenvalue weighted by Gasteiger charge is -2.38. The van der Waals surface area contributed by atoms with Gasteiger partial charge in [-0.2, -0.15) is 0 Å². The third-order valence-corrected chi connectivity index (χ3v) is 4.70. The number of piperidine rings is 1. The Morgan fingerprint density at radius 1 is 1.30 bits per heavy atom. The predicted octanol–water partition coefficient (Wildman–Crippen LogP) is 1.06. The molecule has 2 unspecified atom stereocenters. The van der Waals surface area contributed by atoms with Crippen molar-refractivity contribution in [1.29, 1.82) is 0 Å². The lowest BCUT2D eigenvalue weighted by molar-refractivity contribution is -0.137. The Hall–Kier alpha value is -1.59. The van der Waals surface area contributed by atoms with Crippen molar-refractivity contribution < 1.29 is 9.59 Å². The fraction of sp³-hybridized carbons (Fsp3) is 0.529. The smallest absolute Gasteiger partial charge is 0.230 e. The van der Waals surface area contributed by atoms with Crippen molar-refractivity contribution in [3.05, 3.63) is 35.4 Å². The SMILES string of the molecule is Cl.NCCNC(=O)C1CCCN(C(=O)C2Cc3ccccc32)C1. The van der Waals surface area contributed by atoms with Gasteiger partial charge in [-0.3, -0.25) is 9.59 Å². The number of carbonyl (C=O) groups is 2. The molecule has 2 amide bonds. The van der Waals surface area contributed by atoms with Gasteiger partial charge in [-0.25, -0.2) is 0 Å². The lowest BCUT2D eigenvalue weighted by Crippen LogP contribution is -2.48. The van der Waals surface area contributed by atoms with Gasteiger partial charge in [0.05, 0.1) is 11.8 Å². The summed E-state index contributed by atoms with van der Waals surface area (Å²) in [7, 11) is 0. The third kappa shape index (κ3) is 3.67. The van der Waals surface area contributed by atoms with Crippen LogP contribution in [0.25, 0.3) is 0 Å². The topological polar surface area (TPSA) is 75.4 Å². The number of hydrogen-bond acceptors (Lipinski definition) is 3. The van der Waals surface area contributed by atoms with Gasteiger partial charge < -0.3 is 16.0 Å². The van der Waals surface area contributed by atoms with Crippen LogP contribution in [0.4, 0.5) is 0 Å². The molecule has 23 heavy (non-hydrogen) atoms. The van der Waals surface area contributed by atoms with Crippen LogP contribution in [0.15, 0.2) is 24.3 Å². The van der Waals surface area contributed by atoms with Crippen molar-refractivity contribution in [3.63, 3.8) is 0 Å². The number of benzene rings is 1. The van der Waals surface area contributed by atoms with E-state index in [0.29, 0.717) is 19.6 Å². The Labute approximate surface area is 143 Å². The zero-order valence-electron chi connectivity index (χ0n) is 13.2. The number of hydrogen-bond donors (Lipinski definition) is 2. The standard InChI is InChI=1S/C17H23N3O2.ClH/c18-7-8-19-16(21)13-5-3-9-20(11-13)17(22)15-10-12-4-1-2-6-14(12)15;/h1-2,4,6,13,15H,3,5,7-11,18H2,(H,19,21);1H. The third-order valence-electron chi connectivity index (χ3n) is 4.70. The Balaban J connectivity index is 0.00000192. The van der Waals surface area contributed by atoms with Gasteiger partial charge in [-0.1, -0.05) is 24.3 Å². The van der Waals surface area contributed by atoms with Gasteiger partial charge in [0.25, 0.3) is 0 Å². The van der Waals surface area contributed by atoms with Gasteiger partial charge in [0.15, 0.2) is 0 Å². The van der Waals surface area contributed by atoms with E-state index in [0.717, 1.165) is 31.4 Å². The number of amides is 2. The van der Waals surface area contributed by atoms with E-state index in [2.05, 4.69) is 11.4 Å². The van der Waals surface area contributed by atoms with Crippen LogP contribution in [0.2, 0.25) is 0 Å². The quantitative estimate of drug-likeness (QED) is 0.862. The van der Waals surface area contributed by atoms with Crippen molar-refractivity contribution >= 4 is 24.2 Å². The summed E-state index contributed by atoms with van der Waals surface area (Å²) in [4.78, 5) is 26.6. The van der Waals surface area contributed by atoms with E-state index in [1.807, 2.05) is 23.1 Å². The maximum Gasteiger partial charge on any atom is 0.230 e. The fourth-order valence-electron chi connectivity index (χ4n) is 3.43.